The van der Waals surface area contributed by atoms with E-state index in [1.807, 2.05) is 24.3 Å². The molecule has 11 nitrogen and oxygen atoms in total. The molecule has 0 aliphatic heterocycles. The van der Waals surface area contributed by atoms with Gasteiger partial charge in [-0.3, -0.25) is 23.4 Å². The molecule has 0 spiro atoms. The zero-order valence-electron chi connectivity index (χ0n) is 43.4. The highest BCUT2D eigenvalue weighted by Crippen LogP contribution is 2.43. The van der Waals surface area contributed by atoms with E-state index in [-0.39, 0.29) is 25.9 Å². The van der Waals surface area contributed by atoms with Crippen molar-refractivity contribution in [3.8, 4) is 0 Å². The quantitative estimate of drug-likeness (QED) is 0.0197. The summed E-state index contributed by atoms with van der Waals surface area (Å²) < 4.78 is 39.2. The van der Waals surface area contributed by atoms with Crippen LogP contribution in [0.1, 0.15) is 188 Å². The van der Waals surface area contributed by atoms with Crippen molar-refractivity contribution >= 4 is 25.7 Å². The van der Waals surface area contributed by atoms with E-state index in [9.17, 15) is 28.9 Å². The Bertz CT molecular complexity index is 1630. The molecule has 0 rings (SSSR count). The first-order valence-corrected chi connectivity index (χ1v) is 27.9. The first kappa shape index (κ1) is 65.9. The third-order valence-corrected chi connectivity index (χ3v) is 11.3. The van der Waals surface area contributed by atoms with Crippen LogP contribution in [-0.4, -0.2) is 66.5 Å². The van der Waals surface area contributed by atoms with E-state index in [1.54, 1.807) is 0 Å². The second-order valence-electron chi connectivity index (χ2n) is 16.9. The Morgan fingerprint density at radius 1 is 0.414 bits per heavy atom. The number of phosphoric acid groups is 1. The molecule has 70 heavy (non-hydrogen) atoms. The molecule has 0 aliphatic carbocycles. The van der Waals surface area contributed by atoms with Gasteiger partial charge < -0.3 is 24.2 Å². The summed E-state index contributed by atoms with van der Waals surface area (Å²) in [7, 11) is -4.78. The molecule has 0 saturated carbocycles. The molecule has 396 valence electrons. The number of phosphoric ester groups is 1. The fourth-order valence-corrected chi connectivity index (χ4v) is 7.21. The van der Waals surface area contributed by atoms with Crippen molar-refractivity contribution in [1.29, 1.82) is 0 Å². The molecule has 0 bridgehead atoms. The largest absolute Gasteiger partial charge is 0.472 e. The summed E-state index contributed by atoms with van der Waals surface area (Å²) in [5.41, 5.74) is 0. The predicted molar refractivity (Wildman–Crippen MR) is 288 cm³/mol. The van der Waals surface area contributed by atoms with Gasteiger partial charge in [0.2, 0.25) is 0 Å². The molecule has 0 fully saturated rings. The first-order valence-electron chi connectivity index (χ1n) is 26.4. The number of carbonyl (C=O) groups is 3. The first-order chi connectivity index (χ1) is 34.2. The van der Waals surface area contributed by atoms with Crippen molar-refractivity contribution in [2.75, 3.05) is 26.4 Å². The highest BCUT2D eigenvalue weighted by atomic mass is 31.2. The minimum absolute atomic E-state index is 0.0797. The topological polar surface area (TPSA) is 155 Å². The van der Waals surface area contributed by atoms with Gasteiger partial charge in [0, 0.05) is 19.3 Å². The van der Waals surface area contributed by atoms with E-state index >= 15 is 0 Å². The van der Waals surface area contributed by atoms with Crippen LogP contribution in [0.15, 0.2) is 122 Å². The van der Waals surface area contributed by atoms with Crippen LogP contribution in [0.25, 0.3) is 0 Å². The Morgan fingerprint density at radius 2 is 0.743 bits per heavy atom. The third-order valence-electron chi connectivity index (χ3n) is 10.4. The fraction of sp³-hybridized carbons (Fsp3) is 0.603. The summed E-state index contributed by atoms with van der Waals surface area (Å²) in [6, 6.07) is 0. The zero-order valence-corrected chi connectivity index (χ0v) is 44.3. The van der Waals surface area contributed by atoms with Crippen LogP contribution < -0.4 is 0 Å². The molecule has 0 aromatic rings. The molecule has 2 N–H and O–H groups in total. The Kier molecular flexibility index (Phi) is 48.2. The van der Waals surface area contributed by atoms with Crippen LogP contribution in [0.4, 0.5) is 0 Å². The summed E-state index contributed by atoms with van der Waals surface area (Å²) in [4.78, 5) is 48.2. The van der Waals surface area contributed by atoms with Gasteiger partial charge in [-0.2, -0.15) is 0 Å². The van der Waals surface area contributed by atoms with Crippen LogP contribution >= 0.6 is 7.82 Å². The number of allylic oxidation sites excluding steroid dienone is 20. The SMILES string of the molecule is CC/C=C\C/C=C\C/C=C\C/C=C\C/C=C\CCCC(=O)OC(CO)COP(=O)(O)OCC(COC(=O)CCCCCCCCCCC)OC(=O)CCC/C=C\C/C=C\C/C=C\C/C=C\C/C=C\CC. The number of carbonyl (C=O) groups excluding carboxylic acids is 3. The standard InChI is InChI=1S/C58H93O11P/c1-4-7-10-13-16-19-21-23-25-27-29-31-33-36-39-42-45-48-57(61)68-54(50-59)52-66-70(63,64)67-53-55(51-65-56(60)47-44-41-38-35-18-15-12-9-6-3)69-58(62)49-46-43-40-37-34-32-30-28-26-24-22-20-17-14-11-8-5-2/h7-8,10-11,16-17,19-20,23-26,29-32,36-37,39-40,54-55,59H,4-6,9,12-15,18,21-22,27-28,33-35,38,41-53H2,1-3H3,(H,63,64)/b10-7-,11-8-,19-16-,20-17-,25-23-,26-24-,31-29-,32-30-,39-36-,40-37-. The fourth-order valence-electron chi connectivity index (χ4n) is 6.43. The molecule has 12 heteroatoms. The van der Waals surface area contributed by atoms with Crippen LogP contribution in [-0.2, 0) is 42.2 Å². The lowest BCUT2D eigenvalue weighted by Gasteiger charge is -2.21. The van der Waals surface area contributed by atoms with Crippen molar-refractivity contribution in [3.63, 3.8) is 0 Å². The molecule has 0 aliphatic rings. The summed E-state index contributed by atoms with van der Waals surface area (Å²) in [6.07, 6.45) is 61.9. The van der Waals surface area contributed by atoms with E-state index in [1.165, 1.54) is 32.1 Å². The van der Waals surface area contributed by atoms with Crippen LogP contribution in [0.2, 0.25) is 0 Å². The summed E-state index contributed by atoms with van der Waals surface area (Å²) in [5.74, 6) is -1.62. The van der Waals surface area contributed by atoms with Crippen molar-refractivity contribution in [2.45, 2.75) is 200 Å². The summed E-state index contributed by atoms with van der Waals surface area (Å²) in [5, 5.41) is 9.78. The third kappa shape index (κ3) is 48.9. The minimum Gasteiger partial charge on any atom is -0.462 e. The molecule has 3 atom stereocenters. The van der Waals surface area contributed by atoms with Crippen molar-refractivity contribution in [3.05, 3.63) is 122 Å². The Hall–Kier alpha value is -4.12. The van der Waals surface area contributed by atoms with E-state index in [0.29, 0.717) is 32.1 Å². The Labute approximate surface area is 424 Å². The monoisotopic (exact) mass is 997 g/mol. The van der Waals surface area contributed by atoms with Crippen molar-refractivity contribution in [1.82, 2.24) is 0 Å². The second-order valence-corrected chi connectivity index (χ2v) is 18.4. The molecule has 0 heterocycles. The maximum Gasteiger partial charge on any atom is 0.472 e. The smallest absolute Gasteiger partial charge is 0.462 e. The normalized spacial score (nSPS) is 14.4. The number of ether oxygens (including phenoxy) is 3. The van der Waals surface area contributed by atoms with Gasteiger partial charge in [-0.25, -0.2) is 4.57 Å². The molecule has 0 radical (unpaired) electrons. The van der Waals surface area contributed by atoms with Crippen LogP contribution in [0.3, 0.4) is 0 Å². The number of esters is 3. The molecular formula is C58H93O11P. The Morgan fingerprint density at radius 3 is 1.13 bits per heavy atom. The lowest BCUT2D eigenvalue weighted by atomic mass is 10.1. The highest BCUT2D eigenvalue weighted by molar-refractivity contribution is 7.47. The minimum atomic E-state index is -4.78. The van der Waals surface area contributed by atoms with Gasteiger partial charge in [0.15, 0.2) is 6.10 Å². The lowest BCUT2D eigenvalue weighted by molar-refractivity contribution is -0.161. The molecule has 0 amide bonds. The van der Waals surface area contributed by atoms with Gasteiger partial charge in [0.05, 0.1) is 19.8 Å². The van der Waals surface area contributed by atoms with E-state index in [2.05, 4.69) is 118 Å². The Balaban J connectivity index is 4.83. The van der Waals surface area contributed by atoms with Gasteiger partial charge in [0.25, 0.3) is 0 Å². The van der Waals surface area contributed by atoms with Gasteiger partial charge in [-0.15, -0.1) is 0 Å². The maximum absolute atomic E-state index is 12.8. The summed E-state index contributed by atoms with van der Waals surface area (Å²) in [6.45, 7) is 4.23. The molecule has 0 aromatic carbocycles. The van der Waals surface area contributed by atoms with Crippen LogP contribution in [0, 0.1) is 0 Å². The van der Waals surface area contributed by atoms with E-state index in [4.69, 9.17) is 23.3 Å². The van der Waals surface area contributed by atoms with Crippen LogP contribution in [0.5, 0.6) is 0 Å². The number of aliphatic hydroxyl groups is 1. The molecule has 3 unspecified atom stereocenters. The van der Waals surface area contributed by atoms with E-state index in [0.717, 1.165) is 83.5 Å². The highest BCUT2D eigenvalue weighted by Gasteiger charge is 2.28. The molecule has 0 aromatic heterocycles. The van der Waals surface area contributed by atoms with Gasteiger partial charge in [-0.1, -0.05) is 194 Å². The lowest BCUT2D eigenvalue weighted by Crippen LogP contribution is -2.30. The predicted octanol–water partition coefficient (Wildman–Crippen LogP) is 15.2. The molecule has 0 saturated heterocycles. The van der Waals surface area contributed by atoms with Crippen molar-refractivity contribution in [2.24, 2.45) is 0 Å². The van der Waals surface area contributed by atoms with Gasteiger partial charge in [0.1, 0.15) is 12.7 Å². The average molecular weight is 997 g/mol. The van der Waals surface area contributed by atoms with Gasteiger partial charge >= 0.3 is 25.7 Å². The average Bonchev–Trinajstić information content (AvgIpc) is 3.35. The maximum atomic E-state index is 12.8. The van der Waals surface area contributed by atoms with Crippen molar-refractivity contribution < 1.29 is 52.2 Å². The second kappa shape index (κ2) is 51.2. The number of hydrogen-bond donors (Lipinski definition) is 2. The number of hydrogen-bond acceptors (Lipinski definition) is 10. The number of rotatable bonds is 47. The summed E-state index contributed by atoms with van der Waals surface area (Å²) >= 11 is 0. The zero-order chi connectivity index (χ0) is 51.3. The number of aliphatic hydroxyl groups excluding tert-OH is 1. The molecular weight excluding hydrogens is 904 g/mol. The van der Waals surface area contributed by atoms with Gasteiger partial charge in [-0.05, 0) is 96.3 Å². The van der Waals surface area contributed by atoms with E-state index < -0.39 is 57.8 Å². The number of unbranched alkanes of at least 4 members (excludes halogenated alkanes) is 10.